The first kappa shape index (κ1) is 14.7. The van der Waals surface area contributed by atoms with Crippen LogP contribution in [0.1, 0.15) is 24.8 Å². The molecule has 104 valence electrons. The standard InChI is InChI=1S/C12H17N3O4/c1-9-10(15(17)18)5-4-6-11(9)19-8-3-2-7-12(13)14-16/h4-6,16H,2-3,7-8H2,1H3,(H2,13,14). The van der Waals surface area contributed by atoms with Crippen molar-refractivity contribution in [2.24, 2.45) is 10.9 Å². The van der Waals surface area contributed by atoms with Gasteiger partial charge >= 0.3 is 0 Å². The summed E-state index contributed by atoms with van der Waals surface area (Å²) in [6.07, 6.45) is 1.94. The number of nitro benzene ring substituents is 1. The van der Waals surface area contributed by atoms with Gasteiger partial charge < -0.3 is 15.7 Å². The predicted molar refractivity (Wildman–Crippen MR) is 70.6 cm³/mol. The monoisotopic (exact) mass is 267 g/mol. The van der Waals surface area contributed by atoms with E-state index in [1.807, 2.05) is 0 Å². The molecule has 7 heteroatoms. The Morgan fingerprint density at radius 1 is 1.53 bits per heavy atom. The third kappa shape index (κ3) is 4.46. The highest BCUT2D eigenvalue weighted by Crippen LogP contribution is 2.27. The lowest BCUT2D eigenvalue weighted by molar-refractivity contribution is -0.385. The Bertz CT molecular complexity index is 474. The average molecular weight is 267 g/mol. The van der Waals surface area contributed by atoms with E-state index >= 15 is 0 Å². The van der Waals surface area contributed by atoms with Crippen molar-refractivity contribution in [3.05, 3.63) is 33.9 Å². The molecule has 0 aliphatic heterocycles. The molecule has 0 bridgehead atoms. The summed E-state index contributed by atoms with van der Waals surface area (Å²) >= 11 is 0. The van der Waals surface area contributed by atoms with Crippen LogP contribution in [0.25, 0.3) is 0 Å². The Morgan fingerprint density at radius 3 is 2.89 bits per heavy atom. The first-order chi connectivity index (χ1) is 9.06. The van der Waals surface area contributed by atoms with E-state index in [1.165, 1.54) is 6.07 Å². The second kappa shape index (κ2) is 7.20. The molecule has 0 radical (unpaired) electrons. The molecule has 7 nitrogen and oxygen atoms in total. The molecule has 0 unspecified atom stereocenters. The van der Waals surface area contributed by atoms with E-state index in [9.17, 15) is 10.1 Å². The van der Waals surface area contributed by atoms with Crippen molar-refractivity contribution in [1.82, 2.24) is 0 Å². The number of amidine groups is 1. The van der Waals surface area contributed by atoms with Crippen LogP contribution in [0.2, 0.25) is 0 Å². The topological polar surface area (TPSA) is 111 Å². The van der Waals surface area contributed by atoms with Crippen LogP contribution in [0.5, 0.6) is 5.75 Å². The van der Waals surface area contributed by atoms with Gasteiger partial charge in [-0.25, -0.2) is 0 Å². The Hall–Kier alpha value is -2.31. The SMILES string of the molecule is Cc1c(OCCCCC(N)=NO)cccc1[N+](=O)[O-]. The fraction of sp³-hybridized carbons (Fsp3) is 0.417. The minimum Gasteiger partial charge on any atom is -0.493 e. The molecule has 1 rings (SSSR count). The maximum absolute atomic E-state index is 10.8. The molecular formula is C12H17N3O4. The highest BCUT2D eigenvalue weighted by Gasteiger charge is 2.13. The molecule has 3 N–H and O–H groups in total. The maximum atomic E-state index is 10.8. The van der Waals surface area contributed by atoms with Crippen molar-refractivity contribution in [3.63, 3.8) is 0 Å². The third-order valence-corrected chi connectivity index (χ3v) is 2.67. The number of nitrogens with two attached hydrogens (primary N) is 1. The summed E-state index contributed by atoms with van der Waals surface area (Å²) in [4.78, 5) is 10.3. The molecule has 0 saturated carbocycles. The minimum atomic E-state index is -0.430. The normalized spacial score (nSPS) is 11.3. The van der Waals surface area contributed by atoms with Crippen molar-refractivity contribution in [1.29, 1.82) is 0 Å². The average Bonchev–Trinajstić information content (AvgIpc) is 2.39. The molecule has 19 heavy (non-hydrogen) atoms. The van der Waals surface area contributed by atoms with Crippen LogP contribution < -0.4 is 10.5 Å². The van der Waals surface area contributed by atoms with Gasteiger partial charge in [0.2, 0.25) is 0 Å². The van der Waals surface area contributed by atoms with E-state index < -0.39 is 4.92 Å². The Balaban J connectivity index is 2.46. The van der Waals surface area contributed by atoms with E-state index in [1.54, 1.807) is 19.1 Å². The highest BCUT2D eigenvalue weighted by atomic mass is 16.6. The van der Waals surface area contributed by atoms with Gasteiger partial charge in [0.05, 0.1) is 17.1 Å². The number of rotatable bonds is 7. The maximum Gasteiger partial charge on any atom is 0.276 e. The Morgan fingerprint density at radius 2 is 2.26 bits per heavy atom. The summed E-state index contributed by atoms with van der Waals surface area (Å²) in [7, 11) is 0. The third-order valence-electron chi connectivity index (χ3n) is 2.67. The second-order valence-corrected chi connectivity index (χ2v) is 4.05. The predicted octanol–water partition coefficient (Wildman–Crippen LogP) is 2.20. The lowest BCUT2D eigenvalue weighted by Crippen LogP contribution is -2.11. The van der Waals surface area contributed by atoms with Gasteiger partial charge in [0.15, 0.2) is 0 Å². The number of ether oxygens (including phenoxy) is 1. The van der Waals surface area contributed by atoms with E-state index in [0.717, 1.165) is 12.8 Å². The van der Waals surface area contributed by atoms with Crippen LogP contribution >= 0.6 is 0 Å². The number of hydrogen-bond acceptors (Lipinski definition) is 5. The van der Waals surface area contributed by atoms with E-state index in [0.29, 0.717) is 24.3 Å². The molecule has 0 heterocycles. The van der Waals surface area contributed by atoms with Crippen molar-refractivity contribution in [3.8, 4) is 5.75 Å². The van der Waals surface area contributed by atoms with Gasteiger partial charge in [0, 0.05) is 12.5 Å². The Kier molecular flexibility index (Phi) is 5.59. The zero-order valence-electron chi connectivity index (χ0n) is 10.7. The minimum absolute atomic E-state index is 0.0501. The zero-order chi connectivity index (χ0) is 14.3. The van der Waals surface area contributed by atoms with Crippen LogP contribution in [-0.2, 0) is 0 Å². The second-order valence-electron chi connectivity index (χ2n) is 4.05. The van der Waals surface area contributed by atoms with E-state index in [4.69, 9.17) is 15.7 Å². The van der Waals surface area contributed by atoms with E-state index in [-0.39, 0.29) is 11.5 Å². The summed E-state index contributed by atoms with van der Waals surface area (Å²) in [6.45, 7) is 2.09. The van der Waals surface area contributed by atoms with Crippen LogP contribution in [0.3, 0.4) is 0 Å². The molecule has 0 fully saturated rings. The van der Waals surface area contributed by atoms with Crippen LogP contribution in [0.15, 0.2) is 23.4 Å². The van der Waals surface area contributed by atoms with Gasteiger partial charge in [-0.2, -0.15) is 0 Å². The largest absolute Gasteiger partial charge is 0.493 e. The van der Waals surface area contributed by atoms with Gasteiger partial charge in [-0.3, -0.25) is 10.1 Å². The molecule has 0 aliphatic rings. The number of unbranched alkanes of at least 4 members (excludes halogenated alkanes) is 1. The molecule has 0 spiro atoms. The summed E-state index contributed by atoms with van der Waals surface area (Å²) in [5, 5.41) is 22.0. The lowest BCUT2D eigenvalue weighted by Gasteiger charge is -2.08. The van der Waals surface area contributed by atoms with Crippen molar-refractivity contribution in [2.45, 2.75) is 26.2 Å². The first-order valence-electron chi connectivity index (χ1n) is 5.89. The van der Waals surface area contributed by atoms with Crippen molar-refractivity contribution in [2.75, 3.05) is 6.61 Å². The molecular weight excluding hydrogens is 250 g/mol. The first-order valence-corrected chi connectivity index (χ1v) is 5.89. The summed E-state index contributed by atoms with van der Waals surface area (Å²) in [5.74, 6) is 0.699. The number of benzene rings is 1. The highest BCUT2D eigenvalue weighted by molar-refractivity contribution is 5.79. The smallest absolute Gasteiger partial charge is 0.276 e. The molecule has 0 aliphatic carbocycles. The van der Waals surface area contributed by atoms with Crippen molar-refractivity contribution >= 4 is 11.5 Å². The van der Waals surface area contributed by atoms with Gasteiger partial charge in [-0.15, -0.1) is 0 Å². The molecule has 1 aromatic rings. The molecule has 0 amide bonds. The van der Waals surface area contributed by atoms with Crippen LogP contribution in [0.4, 0.5) is 5.69 Å². The van der Waals surface area contributed by atoms with Gasteiger partial charge in [-0.05, 0) is 25.8 Å². The summed E-state index contributed by atoms with van der Waals surface area (Å²) in [5.41, 5.74) is 5.90. The number of nitro groups is 1. The lowest BCUT2D eigenvalue weighted by atomic mass is 10.2. The summed E-state index contributed by atoms with van der Waals surface area (Å²) < 4.78 is 5.50. The number of nitrogens with zero attached hydrogens (tertiary/aromatic N) is 2. The zero-order valence-corrected chi connectivity index (χ0v) is 10.7. The molecule has 0 saturated heterocycles. The van der Waals surface area contributed by atoms with Gasteiger partial charge in [-0.1, -0.05) is 11.2 Å². The molecule has 0 atom stereocenters. The van der Waals surface area contributed by atoms with E-state index in [2.05, 4.69) is 5.16 Å². The number of oxime groups is 1. The Labute approximate surface area is 110 Å². The number of hydrogen-bond donors (Lipinski definition) is 2. The quantitative estimate of drug-likeness (QED) is 0.196. The van der Waals surface area contributed by atoms with Gasteiger partial charge in [0.25, 0.3) is 5.69 Å². The molecule has 1 aromatic carbocycles. The fourth-order valence-corrected chi connectivity index (χ4v) is 1.60. The van der Waals surface area contributed by atoms with Crippen molar-refractivity contribution < 1.29 is 14.9 Å². The molecule has 0 aromatic heterocycles. The fourth-order valence-electron chi connectivity index (χ4n) is 1.60. The summed E-state index contributed by atoms with van der Waals surface area (Å²) in [6, 6.07) is 4.74. The van der Waals surface area contributed by atoms with Gasteiger partial charge in [0.1, 0.15) is 11.6 Å². The van der Waals surface area contributed by atoms with Crippen LogP contribution in [0, 0.1) is 17.0 Å². The van der Waals surface area contributed by atoms with Crippen LogP contribution in [-0.4, -0.2) is 22.6 Å².